The number of ketones is 2. The molecule has 0 atom stereocenters. The Morgan fingerprint density at radius 3 is 1.51 bits per heavy atom. The van der Waals surface area contributed by atoms with Gasteiger partial charge in [0.1, 0.15) is 5.75 Å². The first kappa shape index (κ1) is 21.8. The molecule has 0 fully saturated rings. The number of benzene rings is 4. The van der Waals surface area contributed by atoms with E-state index in [4.69, 9.17) is 9.47 Å². The minimum Gasteiger partial charge on any atom is -0.504 e. The number of esters is 2. The van der Waals surface area contributed by atoms with Crippen LogP contribution in [0, 0.1) is 0 Å². The first-order valence-electron chi connectivity index (χ1n) is 10.6. The minimum absolute atomic E-state index is 0.0761. The molecule has 0 radical (unpaired) electrons. The average Bonchev–Trinajstić information content (AvgIpc) is 2.90. The zero-order chi connectivity index (χ0) is 24.5. The van der Waals surface area contributed by atoms with Gasteiger partial charge in [0, 0.05) is 17.2 Å². The van der Waals surface area contributed by atoms with Gasteiger partial charge in [0.2, 0.25) is 0 Å². The topological polar surface area (TPSA) is 107 Å². The molecule has 170 valence electrons. The number of aromatic hydroxyl groups is 1. The molecule has 0 heterocycles. The van der Waals surface area contributed by atoms with E-state index in [1.165, 1.54) is 36.4 Å². The maximum atomic E-state index is 13.3. The van der Waals surface area contributed by atoms with E-state index in [2.05, 4.69) is 0 Å². The van der Waals surface area contributed by atoms with Crippen molar-refractivity contribution in [3.63, 3.8) is 0 Å². The molecule has 7 heteroatoms. The minimum atomic E-state index is -0.809. The fourth-order valence-electron chi connectivity index (χ4n) is 3.84. The highest BCUT2D eigenvalue weighted by atomic mass is 16.6. The van der Waals surface area contributed by atoms with Crippen LogP contribution >= 0.6 is 0 Å². The van der Waals surface area contributed by atoms with Gasteiger partial charge in [0.25, 0.3) is 0 Å². The highest BCUT2D eigenvalue weighted by molar-refractivity contribution is 6.30. The van der Waals surface area contributed by atoms with Crippen molar-refractivity contribution >= 4 is 23.5 Å². The summed E-state index contributed by atoms with van der Waals surface area (Å²) in [5.74, 6) is -4.31. The third kappa shape index (κ3) is 3.85. The number of phenols is 1. The van der Waals surface area contributed by atoms with Crippen LogP contribution in [0.25, 0.3) is 0 Å². The van der Waals surface area contributed by atoms with Crippen LogP contribution in [0.4, 0.5) is 0 Å². The first-order chi connectivity index (χ1) is 17.0. The quantitative estimate of drug-likeness (QED) is 0.306. The Morgan fingerprint density at radius 1 is 0.571 bits per heavy atom. The van der Waals surface area contributed by atoms with E-state index < -0.39 is 40.6 Å². The lowest BCUT2D eigenvalue weighted by Crippen LogP contribution is -2.23. The Bertz CT molecular complexity index is 1510. The average molecular weight is 464 g/mol. The second kappa shape index (κ2) is 8.72. The third-order valence-electron chi connectivity index (χ3n) is 5.52. The van der Waals surface area contributed by atoms with Crippen molar-refractivity contribution in [1.29, 1.82) is 0 Å². The van der Waals surface area contributed by atoms with Gasteiger partial charge < -0.3 is 14.6 Å². The molecule has 1 N–H and O–H groups in total. The predicted octanol–water partition coefficient (Wildman–Crippen LogP) is 4.61. The summed E-state index contributed by atoms with van der Waals surface area (Å²) in [6.07, 6.45) is 0. The lowest BCUT2D eigenvalue weighted by Gasteiger charge is -2.22. The van der Waals surface area contributed by atoms with E-state index >= 15 is 0 Å². The van der Waals surface area contributed by atoms with Crippen LogP contribution in [0.2, 0.25) is 0 Å². The Labute approximate surface area is 199 Å². The lowest BCUT2D eigenvalue weighted by atomic mass is 9.83. The number of hydrogen-bond donors (Lipinski definition) is 1. The molecule has 0 bridgehead atoms. The molecule has 1 aliphatic carbocycles. The van der Waals surface area contributed by atoms with Gasteiger partial charge in [-0.1, -0.05) is 60.7 Å². The number of carbonyl (C=O) groups is 4. The van der Waals surface area contributed by atoms with Crippen LogP contribution in [0.3, 0.4) is 0 Å². The number of carbonyl (C=O) groups excluding carboxylic acids is 4. The fourth-order valence-corrected chi connectivity index (χ4v) is 3.84. The fraction of sp³-hybridized carbons (Fsp3) is 0. The number of rotatable bonds is 4. The number of hydrogen-bond acceptors (Lipinski definition) is 7. The summed E-state index contributed by atoms with van der Waals surface area (Å²) in [6.45, 7) is 0. The zero-order valence-electron chi connectivity index (χ0n) is 18.1. The molecule has 0 saturated carbocycles. The van der Waals surface area contributed by atoms with Crippen molar-refractivity contribution in [2.24, 2.45) is 0 Å². The molecule has 0 aromatic heterocycles. The molecule has 0 aliphatic heterocycles. The smallest absolute Gasteiger partial charge is 0.343 e. The second-order valence-corrected chi connectivity index (χ2v) is 7.69. The lowest BCUT2D eigenvalue weighted by molar-refractivity contribution is 0.0725. The summed E-state index contributed by atoms with van der Waals surface area (Å²) in [5.41, 5.74) is -0.104. The number of fused-ring (bicyclic) bond motifs is 2. The van der Waals surface area contributed by atoms with Crippen LogP contribution in [-0.2, 0) is 0 Å². The summed E-state index contributed by atoms with van der Waals surface area (Å²) < 4.78 is 10.9. The Hall–Kier alpha value is -5.04. The first-order valence-corrected chi connectivity index (χ1v) is 10.6. The normalized spacial score (nSPS) is 11.9. The molecule has 35 heavy (non-hydrogen) atoms. The van der Waals surface area contributed by atoms with Gasteiger partial charge >= 0.3 is 11.9 Å². The maximum Gasteiger partial charge on any atom is 0.343 e. The van der Waals surface area contributed by atoms with Gasteiger partial charge in [-0.25, -0.2) is 9.59 Å². The maximum absolute atomic E-state index is 13.3. The summed E-state index contributed by atoms with van der Waals surface area (Å²) in [6, 6.07) is 23.2. The van der Waals surface area contributed by atoms with Gasteiger partial charge in [-0.05, 0) is 24.3 Å². The van der Waals surface area contributed by atoms with Crippen LogP contribution in [0.5, 0.6) is 17.2 Å². The highest BCUT2D eigenvalue weighted by Crippen LogP contribution is 2.44. The van der Waals surface area contributed by atoms with Crippen molar-refractivity contribution in [1.82, 2.24) is 0 Å². The molecule has 0 unspecified atom stereocenters. The van der Waals surface area contributed by atoms with E-state index in [1.807, 2.05) is 0 Å². The number of ether oxygens (including phenoxy) is 2. The molecule has 7 nitrogen and oxygen atoms in total. The monoisotopic (exact) mass is 464 g/mol. The summed E-state index contributed by atoms with van der Waals surface area (Å²) >= 11 is 0. The highest BCUT2D eigenvalue weighted by Gasteiger charge is 2.37. The van der Waals surface area contributed by atoms with Gasteiger partial charge in [-0.15, -0.1) is 0 Å². The molecule has 0 saturated heterocycles. The molecular weight excluding hydrogens is 448 g/mol. The second-order valence-electron chi connectivity index (χ2n) is 7.69. The standard InChI is InChI=1S/C28H16O7/c29-24-18-13-7-8-14-19(18)25(30)23-22(24)20(34-27(32)16-9-3-1-4-10-16)15-21(26(23)31)35-28(33)17-11-5-2-6-12-17/h1-15,31H. The van der Waals surface area contributed by atoms with Crippen molar-refractivity contribution in [3.8, 4) is 17.2 Å². The van der Waals surface area contributed by atoms with E-state index in [9.17, 15) is 24.3 Å². The SMILES string of the molecule is O=C(Oc1cc(OC(=O)c2ccccc2)c2c(c1O)C(=O)c1ccccc1C2=O)c1ccccc1. The van der Waals surface area contributed by atoms with Gasteiger partial charge in [0.05, 0.1) is 22.3 Å². The zero-order valence-corrected chi connectivity index (χ0v) is 18.1. The van der Waals surface area contributed by atoms with Gasteiger partial charge in [-0.3, -0.25) is 9.59 Å². The molecule has 0 spiro atoms. The largest absolute Gasteiger partial charge is 0.504 e. The van der Waals surface area contributed by atoms with Crippen molar-refractivity contribution < 1.29 is 33.8 Å². The molecule has 1 aliphatic rings. The van der Waals surface area contributed by atoms with E-state index in [-0.39, 0.29) is 33.6 Å². The Balaban J connectivity index is 1.65. The van der Waals surface area contributed by atoms with Crippen molar-refractivity contribution in [2.75, 3.05) is 0 Å². The van der Waals surface area contributed by atoms with E-state index in [1.54, 1.807) is 48.5 Å². The van der Waals surface area contributed by atoms with E-state index in [0.29, 0.717) is 0 Å². The third-order valence-corrected chi connectivity index (χ3v) is 5.52. The van der Waals surface area contributed by atoms with Crippen LogP contribution in [0.1, 0.15) is 52.6 Å². The van der Waals surface area contributed by atoms with Crippen LogP contribution in [-0.4, -0.2) is 28.6 Å². The molecule has 5 rings (SSSR count). The summed E-state index contributed by atoms with van der Waals surface area (Å²) in [4.78, 5) is 52.1. The Kier molecular flexibility index (Phi) is 5.43. The molecule has 4 aromatic carbocycles. The molecular formula is C28H16O7. The number of phenolic OH excluding ortho intramolecular Hbond substituents is 1. The van der Waals surface area contributed by atoms with E-state index in [0.717, 1.165) is 6.07 Å². The molecule has 0 amide bonds. The molecule has 4 aromatic rings. The van der Waals surface area contributed by atoms with Crippen LogP contribution in [0.15, 0.2) is 91.0 Å². The summed E-state index contributed by atoms with van der Waals surface area (Å²) in [5, 5.41) is 10.9. The Morgan fingerprint density at radius 2 is 1.00 bits per heavy atom. The van der Waals surface area contributed by atoms with Crippen molar-refractivity contribution in [2.45, 2.75) is 0 Å². The van der Waals surface area contributed by atoms with Crippen LogP contribution < -0.4 is 9.47 Å². The van der Waals surface area contributed by atoms with Gasteiger partial charge in [0.15, 0.2) is 23.1 Å². The van der Waals surface area contributed by atoms with Crippen molar-refractivity contribution in [3.05, 3.63) is 124 Å². The predicted molar refractivity (Wildman–Crippen MR) is 124 cm³/mol. The van der Waals surface area contributed by atoms with Gasteiger partial charge in [-0.2, -0.15) is 0 Å². The summed E-state index contributed by atoms with van der Waals surface area (Å²) in [7, 11) is 0.